The number of hydrogen-bond acceptors (Lipinski definition) is 4. The van der Waals surface area contributed by atoms with Crippen molar-refractivity contribution in [1.29, 1.82) is 0 Å². The van der Waals surface area contributed by atoms with Crippen LogP contribution in [0, 0.1) is 0 Å². The van der Waals surface area contributed by atoms with Crippen molar-refractivity contribution < 1.29 is 0 Å². The van der Waals surface area contributed by atoms with Crippen LogP contribution in [0.4, 0.5) is 0 Å². The van der Waals surface area contributed by atoms with Crippen molar-refractivity contribution in [2.75, 3.05) is 41.3 Å². The molecule has 0 aromatic rings. The summed E-state index contributed by atoms with van der Waals surface area (Å²) in [5.74, 6) is 0. The second-order valence-electron chi connectivity index (χ2n) is 4.36. The van der Waals surface area contributed by atoms with E-state index in [-0.39, 0.29) is 6.04 Å². The van der Waals surface area contributed by atoms with Gasteiger partial charge in [-0.25, -0.2) is 0 Å². The Morgan fingerprint density at radius 3 is 2.00 bits per heavy atom. The van der Waals surface area contributed by atoms with Crippen LogP contribution in [-0.2, 0) is 0 Å². The van der Waals surface area contributed by atoms with Crippen LogP contribution in [0.1, 0.15) is 12.8 Å². The molecule has 0 saturated carbocycles. The topological polar surface area (TPSA) is 58.5 Å². The van der Waals surface area contributed by atoms with E-state index in [1.807, 2.05) is 0 Å². The maximum Gasteiger partial charge on any atom is 0.0253 e. The predicted molar refractivity (Wildman–Crippen MR) is 62.3 cm³/mol. The first kappa shape index (κ1) is 13.8. The van der Waals surface area contributed by atoms with Gasteiger partial charge in [0.05, 0.1) is 0 Å². The molecule has 4 nitrogen and oxygen atoms in total. The molecule has 4 heteroatoms. The summed E-state index contributed by atoms with van der Waals surface area (Å²) in [6, 6.07) is 0.621. The van der Waals surface area contributed by atoms with E-state index in [1.165, 1.54) is 0 Å². The molecule has 14 heavy (non-hydrogen) atoms. The van der Waals surface area contributed by atoms with Crippen LogP contribution in [0.25, 0.3) is 0 Å². The fraction of sp³-hybridized carbons (Fsp3) is 1.00. The lowest BCUT2D eigenvalue weighted by Gasteiger charge is -2.30. The van der Waals surface area contributed by atoms with Crippen molar-refractivity contribution >= 4 is 0 Å². The Morgan fingerprint density at radius 1 is 1.07 bits per heavy atom. The average molecular weight is 202 g/mol. The molecule has 0 radical (unpaired) electrons. The Labute approximate surface area is 88.2 Å². The van der Waals surface area contributed by atoms with E-state index in [4.69, 9.17) is 11.5 Å². The minimum Gasteiger partial charge on any atom is -0.330 e. The molecule has 2 unspecified atom stereocenters. The van der Waals surface area contributed by atoms with Gasteiger partial charge in [-0.3, -0.25) is 0 Å². The zero-order valence-corrected chi connectivity index (χ0v) is 10.0. The average Bonchev–Trinajstić information content (AvgIpc) is 2.03. The first-order valence-electron chi connectivity index (χ1n) is 5.25. The third-order valence-electron chi connectivity index (χ3n) is 2.53. The van der Waals surface area contributed by atoms with Gasteiger partial charge >= 0.3 is 0 Å². The van der Waals surface area contributed by atoms with Gasteiger partial charge < -0.3 is 21.3 Å². The summed E-state index contributed by atoms with van der Waals surface area (Å²) in [7, 11) is 8.33. The van der Waals surface area contributed by atoms with Crippen LogP contribution in [0.5, 0.6) is 0 Å². The fourth-order valence-corrected chi connectivity index (χ4v) is 1.63. The highest BCUT2D eigenvalue weighted by molar-refractivity contribution is 4.80. The van der Waals surface area contributed by atoms with Crippen LogP contribution >= 0.6 is 0 Å². The van der Waals surface area contributed by atoms with Crippen molar-refractivity contribution in [2.45, 2.75) is 24.9 Å². The van der Waals surface area contributed by atoms with E-state index in [1.54, 1.807) is 0 Å². The summed E-state index contributed by atoms with van der Waals surface area (Å²) < 4.78 is 0. The first-order valence-corrected chi connectivity index (χ1v) is 5.25. The normalized spacial score (nSPS) is 16.3. The Balaban J connectivity index is 4.00. The molecule has 0 aliphatic rings. The maximum absolute atomic E-state index is 6.08. The molecule has 0 aromatic heterocycles. The smallest absolute Gasteiger partial charge is 0.0253 e. The quantitative estimate of drug-likeness (QED) is 0.587. The number of nitrogens with zero attached hydrogens (tertiary/aromatic N) is 2. The van der Waals surface area contributed by atoms with Gasteiger partial charge in [0, 0.05) is 12.1 Å². The van der Waals surface area contributed by atoms with E-state index in [2.05, 4.69) is 38.0 Å². The Bertz CT molecular complexity index is 136. The third kappa shape index (κ3) is 5.54. The standard InChI is InChI=1S/C10H26N4/c1-13(2)8-6-10(14(3)4)9(12)5-7-11/h9-10H,5-8,11-12H2,1-4H3. The third-order valence-corrected chi connectivity index (χ3v) is 2.53. The molecule has 86 valence electrons. The zero-order chi connectivity index (χ0) is 11.1. The van der Waals surface area contributed by atoms with Crippen molar-refractivity contribution in [2.24, 2.45) is 11.5 Å². The predicted octanol–water partition coefficient (Wildman–Crippen LogP) is -0.456. The SMILES string of the molecule is CN(C)CCC(C(N)CCN)N(C)C. The molecule has 0 aromatic carbocycles. The van der Waals surface area contributed by atoms with E-state index >= 15 is 0 Å². The van der Waals surface area contributed by atoms with E-state index in [0.717, 1.165) is 19.4 Å². The minimum absolute atomic E-state index is 0.190. The van der Waals surface area contributed by atoms with Gasteiger partial charge in [-0.1, -0.05) is 0 Å². The first-order chi connectivity index (χ1) is 6.49. The van der Waals surface area contributed by atoms with E-state index < -0.39 is 0 Å². The Hall–Kier alpha value is -0.160. The van der Waals surface area contributed by atoms with Crippen molar-refractivity contribution in [1.82, 2.24) is 9.80 Å². The van der Waals surface area contributed by atoms with Gasteiger partial charge in [0.25, 0.3) is 0 Å². The molecule has 0 rings (SSSR count). The Kier molecular flexibility index (Phi) is 7.09. The molecule has 4 N–H and O–H groups in total. The molecule has 0 aliphatic carbocycles. The number of likely N-dealkylation sites (N-methyl/N-ethyl adjacent to an activating group) is 1. The van der Waals surface area contributed by atoms with Gasteiger partial charge in [0.15, 0.2) is 0 Å². The van der Waals surface area contributed by atoms with Gasteiger partial charge in [0.1, 0.15) is 0 Å². The summed E-state index contributed by atoms with van der Waals surface area (Å²) in [5, 5.41) is 0. The highest BCUT2D eigenvalue weighted by Gasteiger charge is 2.18. The summed E-state index contributed by atoms with van der Waals surface area (Å²) >= 11 is 0. The number of rotatable bonds is 7. The second kappa shape index (κ2) is 7.17. The van der Waals surface area contributed by atoms with Gasteiger partial charge in [-0.05, 0) is 54.1 Å². The maximum atomic E-state index is 6.08. The molecule has 2 atom stereocenters. The highest BCUT2D eigenvalue weighted by atomic mass is 15.1. The molecule has 0 spiro atoms. The number of hydrogen-bond donors (Lipinski definition) is 2. The molecule has 0 bridgehead atoms. The zero-order valence-electron chi connectivity index (χ0n) is 10.0. The molecule has 0 saturated heterocycles. The van der Waals surface area contributed by atoms with Gasteiger partial charge in [-0.2, -0.15) is 0 Å². The fourth-order valence-electron chi connectivity index (χ4n) is 1.63. The molecule has 0 heterocycles. The summed E-state index contributed by atoms with van der Waals surface area (Å²) in [4.78, 5) is 4.38. The molecule has 0 fully saturated rings. The Morgan fingerprint density at radius 2 is 1.64 bits per heavy atom. The second-order valence-corrected chi connectivity index (χ2v) is 4.36. The minimum atomic E-state index is 0.190. The van der Waals surface area contributed by atoms with Crippen LogP contribution < -0.4 is 11.5 Å². The van der Waals surface area contributed by atoms with E-state index in [9.17, 15) is 0 Å². The molecule has 0 amide bonds. The van der Waals surface area contributed by atoms with Crippen molar-refractivity contribution in [3.05, 3.63) is 0 Å². The lowest BCUT2D eigenvalue weighted by Crippen LogP contribution is -2.46. The lowest BCUT2D eigenvalue weighted by atomic mass is 10.0. The van der Waals surface area contributed by atoms with Gasteiger partial charge in [-0.15, -0.1) is 0 Å². The highest BCUT2D eigenvalue weighted by Crippen LogP contribution is 2.07. The molecular formula is C10H26N4. The molecule has 0 aliphatic heterocycles. The van der Waals surface area contributed by atoms with Crippen LogP contribution in [0.3, 0.4) is 0 Å². The van der Waals surface area contributed by atoms with Crippen LogP contribution in [0.15, 0.2) is 0 Å². The lowest BCUT2D eigenvalue weighted by molar-refractivity contribution is 0.215. The largest absolute Gasteiger partial charge is 0.330 e. The monoisotopic (exact) mass is 202 g/mol. The molecular weight excluding hydrogens is 176 g/mol. The summed E-state index contributed by atoms with van der Waals surface area (Å²) in [6.07, 6.45) is 2.00. The van der Waals surface area contributed by atoms with Gasteiger partial charge in [0.2, 0.25) is 0 Å². The van der Waals surface area contributed by atoms with Crippen LogP contribution in [-0.4, -0.2) is 63.2 Å². The van der Waals surface area contributed by atoms with E-state index in [0.29, 0.717) is 12.6 Å². The van der Waals surface area contributed by atoms with Crippen LogP contribution in [0.2, 0.25) is 0 Å². The summed E-state index contributed by atoms with van der Waals surface area (Å²) in [6.45, 7) is 1.74. The van der Waals surface area contributed by atoms with Crippen molar-refractivity contribution in [3.8, 4) is 0 Å². The van der Waals surface area contributed by atoms with Crippen molar-refractivity contribution in [3.63, 3.8) is 0 Å². The number of nitrogens with two attached hydrogens (primary N) is 2. The summed E-state index contributed by atoms with van der Waals surface area (Å²) in [5.41, 5.74) is 11.6.